The Morgan fingerprint density at radius 3 is 2.21 bits per heavy atom. The van der Waals surface area contributed by atoms with E-state index in [1.54, 1.807) is 74.5 Å². The van der Waals surface area contributed by atoms with Gasteiger partial charge >= 0.3 is 0 Å². The van der Waals surface area contributed by atoms with Crippen LogP contribution in [0.5, 0.6) is 0 Å². The van der Waals surface area contributed by atoms with E-state index in [1.807, 2.05) is 12.1 Å². The van der Waals surface area contributed by atoms with Gasteiger partial charge in [-0.15, -0.1) is 0 Å². The number of sulfonamides is 1. The van der Waals surface area contributed by atoms with Crippen LogP contribution < -0.4 is 15.8 Å². The Labute approximate surface area is 249 Å². The van der Waals surface area contributed by atoms with Crippen LogP contribution in [0.2, 0.25) is 5.02 Å². The predicted molar refractivity (Wildman–Crippen MR) is 165 cm³/mol. The highest BCUT2D eigenvalue weighted by Crippen LogP contribution is 2.24. The van der Waals surface area contributed by atoms with Crippen LogP contribution in [0.15, 0.2) is 89.8 Å². The fourth-order valence-corrected chi connectivity index (χ4v) is 5.77. The Balaban J connectivity index is 1.54. The summed E-state index contributed by atoms with van der Waals surface area (Å²) in [5, 5.41) is 4.56. The molecule has 4 rings (SSSR count). The van der Waals surface area contributed by atoms with Gasteiger partial charge in [0.25, 0.3) is 15.9 Å². The van der Waals surface area contributed by atoms with Crippen molar-refractivity contribution in [3.8, 4) is 0 Å². The molecule has 218 valence electrons. The molecule has 9 nitrogen and oxygen atoms in total. The molecule has 4 aromatic carbocycles. The average molecular weight is 607 g/mol. The maximum atomic E-state index is 13.4. The summed E-state index contributed by atoms with van der Waals surface area (Å²) >= 11 is 6.02. The second-order valence-corrected chi connectivity index (χ2v) is 11.7. The number of rotatable bonds is 10. The summed E-state index contributed by atoms with van der Waals surface area (Å²) in [5.41, 5.74) is 7.35. The number of para-hydroxylation sites is 1. The van der Waals surface area contributed by atoms with Gasteiger partial charge in [0.15, 0.2) is 0 Å². The third-order valence-electron chi connectivity index (χ3n) is 6.91. The van der Waals surface area contributed by atoms with E-state index in [9.17, 15) is 22.8 Å². The predicted octanol–water partition coefficient (Wildman–Crippen LogP) is 4.86. The molecule has 4 N–H and O–H groups in total. The Kier molecular flexibility index (Phi) is 9.49. The van der Waals surface area contributed by atoms with Crippen molar-refractivity contribution in [1.29, 1.82) is 0 Å². The molecule has 0 bridgehead atoms. The number of nitrogen functional groups attached to an aromatic ring is 1. The van der Waals surface area contributed by atoms with Gasteiger partial charge in [0.05, 0.1) is 21.2 Å². The third-order valence-corrected chi connectivity index (χ3v) is 8.58. The minimum absolute atomic E-state index is 0.0517. The van der Waals surface area contributed by atoms with Gasteiger partial charge in [0, 0.05) is 18.8 Å². The van der Waals surface area contributed by atoms with Crippen LogP contribution in [-0.4, -0.2) is 44.1 Å². The van der Waals surface area contributed by atoms with Gasteiger partial charge in [-0.25, -0.2) is 13.1 Å². The van der Waals surface area contributed by atoms with Crippen molar-refractivity contribution < 1.29 is 22.8 Å². The lowest BCUT2D eigenvalue weighted by Gasteiger charge is -2.25. The summed E-state index contributed by atoms with van der Waals surface area (Å²) in [6.45, 7) is 4.28. The molecular weight excluding hydrogens is 576 g/mol. The molecule has 0 heterocycles. The molecule has 11 heteroatoms. The van der Waals surface area contributed by atoms with Crippen molar-refractivity contribution in [1.82, 2.24) is 9.62 Å². The maximum absolute atomic E-state index is 13.4. The Hall–Kier alpha value is -4.41. The largest absolute Gasteiger partial charge is 0.397 e. The van der Waals surface area contributed by atoms with Crippen LogP contribution in [0, 0.1) is 5.92 Å². The van der Waals surface area contributed by atoms with Gasteiger partial charge in [-0.2, -0.15) is 0 Å². The number of halogens is 1. The summed E-state index contributed by atoms with van der Waals surface area (Å²) in [6.07, 6.45) is -0.0517. The number of nitrogens with zero attached hydrogens (tertiary/aromatic N) is 1. The number of anilines is 2. The Morgan fingerprint density at radius 2 is 1.55 bits per heavy atom. The molecule has 0 spiro atoms. The SMILES string of the molecule is CCN(CC)C(=O)C(Cc1ccc(NC(=O)c2cccc(Cl)c2N)cc1)C(=O)NS(=O)(=O)c1ccc2ccccc2c1. The van der Waals surface area contributed by atoms with Gasteiger partial charge < -0.3 is 16.0 Å². The highest BCUT2D eigenvalue weighted by Gasteiger charge is 2.33. The fourth-order valence-electron chi connectivity index (χ4n) is 4.54. The zero-order valence-corrected chi connectivity index (χ0v) is 24.7. The third kappa shape index (κ3) is 6.89. The smallest absolute Gasteiger partial charge is 0.264 e. The van der Waals surface area contributed by atoms with Gasteiger partial charge in [-0.3, -0.25) is 14.4 Å². The van der Waals surface area contributed by atoms with E-state index in [0.29, 0.717) is 29.7 Å². The van der Waals surface area contributed by atoms with Crippen molar-refractivity contribution >= 4 is 61.5 Å². The highest BCUT2D eigenvalue weighted by atomic mass is 35.5. The Morgan fingerprint density at radius 1 is 0.881 bits per heavy atom. The van der Waals surface area contributed by atoms with Crippen LogP contribution in [-0.2, 0) is 26.0 Å². The van der Waals surface area contributed by atoms with Crippen molar-refractivity contribution in [3.05, 3.63) is 101 Å². The molecule has 0 aromatic heterocycles. The quantitative estimate of drug-likeness (QED) is 0.174. The van der Waals surface area contributed by atoms with E-state index in [-0.39, 0.29) is 27.6 Å². The maximum Gasteiger partial charge on any atom is 0.264 e. The molecular formula is C31H31ClN4O5S. The zero-order chi connectivity index (χ0) is 30.4. The minimum Gasteiger partial charge on any atom is -0.397 e. The first kappa shape index (κ1) is 30.5. The summed E-state index contributed by atoms with van der Waals surface area (Å²) in [7, 11) is -4.25. The minimum atomic E-state index is -4.25. The van der Waals surface area contributed by atoms with Crippen LogP contribution >= 0.6 is 11.6 Å². The van der Waals surface area contributed by atoms with E-state index >= 15 is 0 Å². The number of fused-ring (bicyclic) bond motifs is 1. The molecule has 1 unspecified atom stereocenters. The molecule has 1 atom stereocenters. The van der Waals surface area contributed by atoms with Crippen molar-refractivity contribution in [2.24, 2.45) is 5.92 Å². The number of carbonyl (C=O) groups is 3. The summed E-state index contributed by atoms with van der Waals surface area (Å²) < 4.78 is 28.5. The molecule has 0 aliphatic rings. The van der Waals surface area contributed by atoms with Crippen LogP contribution in [0.25, 0.3) is 10.8 Å². The number of amides is 3. The van der Waals surface area contributed by atoms with E-state index in [1.165, 1.54) is 17.0 Å². The van der Waals surface area contributed by atoms with E-state index in [0.717, 1.165) is 5.39 Å². The number of benzene rings is 4. The summed E-state index contributed by atoms with van der Waals surface area (Å²) in [6, 6.07) is 23.1. The van der Waals surface area contributed by atoms with E-state index in [4.69, 9.17) is 17.3 Å². The van der Waals surface area contributed by atoms with E-state index < -0.39 is 33.7 Å². The lowest BCUT2D eigenvalue weighted by atomic mass is 9.97. The molecule has 0 saturated heterocycles. The molecule has 42 heavy (non-hydrogen) atoms. The lowest BCUT2D eigenvalue weighted by molar-refractivity contribution is -0.141. The van der Waals surface area contributed by atoms with Crippen molar-refractivity contribution in [2.45, 2.75) is 25.2 Å². The highest BCUT2D eigenvalue weighted by molar-refractivity contribution is 7.90. The molecule has 0 fully saturated rings. The number of carbonyl (C=O) groups excluding carboxylic acids is 3. The summed E-state index contributed by atoms with van der Waals surface area (Å²) in [4.78, 5) is 40.8. The molecule has 0 saturated carbocycles. The normalized spacial score (nSPS) is 12.0. The molecule has 0 aliphatic carbocycles. The molecule has 0 radical (unpaired) electrons. The zero-order valence-electron chi connectivity index (χ0n) is 23.1. The standard InChI is InChI=1S/C31H31ClN4O5S/c1-3-36(4-2)31(39)26(30(38)35-42(40,41)24-17-14-21-8-5-6-9-22(21)19-24)18-20-12-15-23(16-13-20)34-29(37)25-10-7-11-27(32)28(25)33/h5-17,19,26H,3-4,18,33H2,1-2H3,(H,34,37)(H,35,38). The van der Waals surface area contributed by atoms with Crippen LogP contribution in [0.4, 0.5) is 11.4 Å². The van der Waals surface area contributed by atoms with Crippen molar-refractivity contribution in [2.75, 3.05) is 24.1 Å². The first-order chi connectivity index (χ1) is 20.0. The second-order valence-electron chi connectivity index (χ2n) is 9.60. The van der Waals surface area contributed by atoms with Crippen LogP contribution in [0.1, 0.15) is 29.8 Å². The van der Waals surface area contributed by atoms with Gasteiger partial charge in [0.1, 0.15) is 5.92 Å². The number of nitrogens with two attached hydrogens (primary N) is 1. The lowest BCUT2D eigenvalue weighted by Crippen LogP contribution is -2.46. The number of nitrogens with one attached hydrogen (secondary N) is 2. The van der Waals surface area contributed by atoms with Crippen LogP contribution in [0.3, 0.4) is 0 Å². The Bertz CT molecular complexity index is 1740. The van der Waals surface area contributed by atoms with Gasteiger partial charge in [0.2, 0.25) is 11.8 Å². The fraction of sp³-hybridized carbons (Fsp3) is 0.194. The first-order valence-corrected chi connectivity index (χ1v) is 15.2. The molecule has 0 aliphatic heterocycles. The van der Waals surface area contributed by atoms with E-state index in [2.05, 4.69) is 10.0 Å². The monoisotopic (exact) mass is 606 g/mol. The number of hydrogen-bond donors (Lipinski definition) is 3. The first-order valence-electron chi connectivity index (χ1n) is 13.3. The van der Waals surface area contributed by atoms with Crippen molar-refractivity contribution in [3.63, 3.8) is 0 Å². The summed E-state index contributed by atoms with van der Waals surface area (Å²) in [5.74, 6) is -3.16. The average Bonchev–Trinajstić information content (AvgIpc) is 2.98. The van der Waals surface area contributed by atoms with Gasteiger partial charge in [-0.05, 0) is 73.0 Å². The second kappa shape index (κ2) is 13.1. The van der Waals surface area contributed by atoms with Gasteiger partial charge in [-0.1, -0.05) is 60.1 Å². The number of hydrogen-bond acceptors (Lipinski definition) is 6. The topological polar surface area (TPSA) is 139 Å². The molecule has 3 amide bonds. The molecule has 4 aromatic rings.